The molecular formula is C12H21N3O. The molecule has 2 rings (SSSR count). The summed E-state index contributed by atoms with van der Waals surface area (Å²) in [5, 5.41) is 4.08. The normalized spacial score (nSPS) is 18.9. The Bertz CT molecular complexity index is 334. The number of hydrogen-bond acceptors (Lipinski definition) is 4. The molecule has 4 heteroatoms. The van der Waals surface area contributed by atoms with E-state index in [4.69, 9.17) is 10.3 Å². The Morgan fingerprint density at radius 1 is 1.31 bits per heavy atom. The summed E-state index contributed by atoms with van der Waals surface area (Å²) in [5.74, 6) is 2.07. The third-order valence-electron chi connectivity index (χ3n) is 3.06. The van der Waals surface area contributed by atoms with Gasteiger partial charge in [0.2, 0.25) is 5.89 Å². The molecule has 0 atom stereocenters. The van der Waals surface area contributed by atoms with E-state index in [9.17, 15) is 0 Å². The lowest BCUT2D eigenvalue weighted by Crippen LogP contribution is -2.34. The molecule has 0 spiro atoms. The summed E-state index contributed by atoms with van der Waals surface area (Å²) in [6.07, 6.45) is 6.97. The lowest BCUT2D eigenvalue weighted by Gasteiger charge is -2.17. The van der Waals surface area contributed by atoms with Crippen LogP contribution in [0.4, 0.5) is 0 Å². The van der Waals surface area contributed by atoms with Crippen LogP contribution in [0.2, 0.25) is 0 Å². The number of rotatable bonds is 3. The van der Waals surface area contributed by atoms with Crippen LogP contribution in [0.25, 0.3) is 0 Å². The molecule has 1 saturated carbocycles. The van der Waals surface area contributed by atoms with Crippen molar-refractivity contribution in [3.8, 4) is 0 Å². The molecule has 1 fully saturated rings. The summed E-state index contributed by atoms with van der Waals surface area (Å²) >= 11 is 0. The zero-order chi connectivity index (χ0) is 11.6. The molecular weight excluding hydrogens is 202 g/mol. The van der Waals surface area contributed by atoms with Gasteiger partial charge in [0, 0.05) is 17.9 Å². The Balaban J connectivity index is 2.01. The number of nitrogens with two attached hydrogens (primary N) is 1. The van der Waals surface area contributed by atoms with Crippen molar-refractivity contribution in [2.45, 2.75) is 63.8 Å². The average Bonchev–Trinajstić information content (AvgIpc) is 2.65. The third-order valence-corrected chi connectivity index (χ3v) is 3.06. The Hall–Kier alpha value is -0.900. The summed E-state index contributed by atoms with van der Waals surface area (Å²) in [7, 11) is 0. The molecule has 0 aromatic carbocycles. The first-order valence-electron chi connectivity index (χ1n) is 6.16. The van der Waals surface area contributed by atoms with Crippen LogP contribution in [0.1, 0.15) is 63.6 Å². The molecule has 1 heterocycles. The standard InChI is InChI=1S/C12H21N3O/c1-12(2,13)8-10-14-11(15-16-10)9-6-4-3-5-7-9/h9H,3-8,13H2,1-2H3. The van der Waals surface area contributed by atoms with Gasteiger partial charge in [-0.05, 0) is 26.7 Å². The van der Waals surface area contributed by atoms with Gasteiger partial charge < -0.3 is 10.3 Å². The van der Waals surface area contributed by atoms with Crippen LogP contribution in [0.5, 0.6) is 0 Å². The fraction of sp³-hybridized carbons (Fsp3) is 0.833. The van der Waals surface area contributed by atoms with Crippen LogP contribution in [0.3, 0.4) is 0 Å². The summed E-state index contributed by atoms with van der Waals surface area (Å²) in [6, 6.07) is 0. The van der Waals surface area contributed by atoms with Crippen molar-refractivity contribution in [2.75, 3.05) is 0 Å². The van der Waals surface area contributed by atoms with Crippen LogP contribution in [0, 0.1) is 0 Å². The van der Waals surface area contributed by atoms with E-state index in [0.717, 1.165) is 5.82 Å². The minimum absolute atomic E-state index is 0.281. The predicted molar refractivity (Wildman–Crippen MR) is 62.1 cm³/mol. The van der Waals surface area contributed by atoms with Crippen molar-refractivity contribution in [1.82, 2.24) is 10.1 Å². The second-order valence-electron chi connectivity index (χ2n) is 5.55. The van der Waals surface area contributed by atoms with Gasteiger partial charge in [0.25, 0.3) is 0 Å². The summed E-state index contributed by atoms with van der Waals surface area (Å²) in [4.78, 5) is 4.46. The molecule has 4 nitrogen and oxygen atoms in total. The Morgan fingerprint density at radius 3 is 2.62 bits per heavy atom. The molecule has 16 heavy (non-hydrogen) atoms. The first-order chi connectivity index (χ1) is 7.54. The highest BCUT2D eigenvalue weighted by atomic mass is 16.5. The van der Waals surface area contributed by atoms with E-state index in [2.05, 4.69) is 10.1 Å². The number of nitrogens with zero attached hydrogens (tertiary/aromatic N) is 2. The van der Waals surface area contributed by atoms with Gasteiger partial charge in [-0.1, -0.05) is 24.4 Å². The van der Waals surface area contributed by atoms with Crippen molar-refractivity contribution in [2.24, 2.45) is 5.73 Å². The highest BCUT2D eigenvalue weighted by Gasteiger charge is 2.22. The SMILES string of the molecule is CC(C)(N)Cc1nc(C2CCCCC2)no1. The van der Waals surface area contributed by atoms with Crippen molar-refractivity contribution in [1.29, 1.82) is 0 Å². The molecule has 2 N–H and O–H groups in total. The van der Waals surface area contributed by atoms with Crippen LogP contribution >= 0.6 is 0 Å². The zero-order valence-electron chi connectivity index (χ0n) is 10.2. The average molecular weight is 223 g/mol. The van der Waals surface area contributed by atoms with Gasteiger partial charge in [-0.25, -0.2) is 0 Å². The predicted octanol–water partition coefficient (Wildman–Crippen LogP) is 2.40. The smallest absolute Gasteiger partial charge is 0.228 e. The highest BCUT2D eigenvalue weighted by molar-refractivity contribution is 4.98. The van der Waals surface area contributed by atoms with Crippen LogP contribution in [0.15, 0.2) is 4.52 Å². The van der Waals surface area contributed by atoms with Gasteiger partial charge >= 0.3 is 0 Å². The van der Waals surface area contributed by atoms with Crippen LogP contribution in [-0.4, -0.2) is 15.7 Å². The van der Waals surface area contributed by atoms with Gasteiger partial charge in [-0.15, -0.1) is 0 Å². The van der Waals surface area contributed by atoms with Gasteiger partial charge in [0.05, 0.1) is 0 Å². The minimum atomic E-state index is -0.281. The topological polar surface area (TPSA) is 64.9 Å². The molecule has 90 valence electrons. The molecule has 0 bridgehead atoms. The molecule has 0 aliphatic heterocycles. The van der Waals surface area contributed by atoms with Gasteiger partial charge in [-0.3, -0.25) is 0 Å². The maximum absolute atomic E-state index is 5.93. The Kier molecular flexibility index (Phi) is 3.28. The summed E-state index contributed by atoms with van der Waals surface area (Å²) in [5.41, 5.74) is 5.65. The van der Waals surface area contributed by atoms with Crippen LogP contribution in [-0.2, 0) is 6.42 Å². The molecule has 0 radical (unpaired) electrons. The van der Waals surface area contributed by atoms with E-state index in [0.29, 0.717) is 18.2 Å². The maximum atomic E-state index is 5.93. The molecule has 0 unspecified atom stereocenters. The van der Waals surface area contributed by atoms with E-state index < -0.39 is 0 Å². The third kappa shape index (κ3) is 3.04. The molecule has 0 amide bonds. The first-order valence-corrected chi connectivity index (χ1v) is 6.16. The minimum Gasteiger partial charge on any atom is -0.339 e. The fourth-order valence-electron chi connectivity index (χ4n) is 2.26. The van der Waals surface area contributed by atoms with Crippen molar-refractivity contribution in [3.63, 3.8) is 0 Å². The maximum Gasteiger partial charge on any atom is 0.228 e. The quantitative estimate of drug-likeness (QED) is 0.854. The van der Waals surface area contributed by atoms with Gasteiger partial charge in [0.1, 0.15) is 0 Å². The van der Waals surface area contributed by atoms with E-state index in [-0.39, 0.29) is 5.54 Å². The molecule has 1 aliphatic carbocycles. The van der Waals surface area contributed by atoms with Crippen molar-refractivity contribution < 1.29 is 4.52 Å². The Labute approximate surface area is 96.6 Å². The van der Waals surface area contributed by atoms with E-state index in [1.165, 1.54) is 32.1 Å². The Morgan fingerprint density at radius 2 is 2.00 bits per heavy atom. The lowest BCUT2D eigenvalue weighted by molar-refractivity contribution is 0.337. The molecule has 1 aromatic heterocycles. The van der Waals surface area contributed by atoms with Crippen molar-refractivity contribution in [3.05, 3.63) is 11.7 Å². The van der Waals surface area contributed by atoms with E-state index in [1.807, 2.05) is 13.8 Å². The molecule has 1 aliphatic rings. The van der Waals surface area contributed by atoms with Gasteiger partial charge in [-0.2, -0.15) is 4.98 Å². The second-order valence-corrected chi connectivity index (χ2v) is 5.55. The number of aromatic nitrogens is 2. The monoisotopic (exact) mass is 223 g/mol. The van der Waals surface area contributed by atoms with E-state index >= 15 is 0 Å². The molecule has 1 aromatic rings. The fourth-order valence-corrected chi connectivity index (χ4v) is 2.26. The second kappa shape index (κ2) is 4.53. The van der Waals surface area contributed by atoms with Crippen molar-refractivity contribution >= 4 is 0 Å². The summed E-state index contributed by atoms with van der Waals surface area (Å²) < 4.78 is 5.25. The van der Waals surface area contributed by atoms with Crippen LogP contribution < -0.4 is 5.73 Å². The largest absolute Gasteiger partial charge is 0.339 e. The number of hydrogen-bond donors (Lipinski definition) is 1. The zero-order valence-corrected chi connectivity index (χ0v) is 10.2. The summed E-state index contributed by atoms with van der Waals surface area (Å²) in [6.45, 7) is 3.94. The highest BCUT2D eigenvalue weighted by Crippen LogP contribution is 2.30. The first kappa shape index (κ1) is 11.6. The molecule has 0 saturated heterocycles. The van der Waals surface area contributed by atoms with E-state index in [1.54, 1.807) is 0 Å². The van der Waals surface area contributed by atoms with Gasteiger partial charge in [0.15, 0.2) is 5.82 Å². The lowest BCUT2D eigenvalue weighted by atomic mass is 9.89.